The number of hydrogen-bond donors (Lipinski definition) is 1. The maximum absolute atomic E-state index is 5.83. The number of ether oxygens (including phenoxy) is 2. The van der Waals surface area contributed by atoms with Gasteiger partial charge in [0.25, 0.3) is 0 Å². The van der Waals surface area contributed by atoms with Gasteiger partial charge in [0.15, 0.2) is 0 Å². The third-order valence-electron chi connectivity index (χ3n) is 2.70. The summed E-state index contributed by atoms with van der Waals surface area (Å²) in [6.45, 7) is 10.2. The molecule has 1 rings (SSSR count). The molecule has 108 valence electrons. The molecule has 0 fully saturated rings. The van der Waals surface area contributed by atoms with Crippen molar-refractivity contribution in [3.8, 4) is 5.75 Å². The zero-order valence-corrected chi connectivity index (χ0v) is 12.6. The van der Waals surface area contributed by atoms with Crippen LogP contribution in [-0.2, 0) is 4.74 Å². The van der Waals surface area contributed by atoms with Gasteiger partial charge in [-0.25, -0.2) is 0 Å². The highest BCUT2D eigenvalue weighted by atomic mass is 16.5. The van der Waals surface area contributed by atoms with Gasteiger partial charge >= 0.3 is 0 Å². The lowest BCUT2D eigenvalue weighted by Gasteiger charge is -2.18. The van der Waals surface area contributed by atoms with E-state index in [0.717, 1.165) is 12.2 Å². The summed E-state index contributed by atoms with van der Waals surface area (Å²) in [4.78, 5) is 0. The minimum atomic E-state index is -0.257. The van der Waals surface area contributed by atoms with Crippen LogP contribution in [-0.4, -0.2) is 25.4 Å². The Bertz CT molecular complexity index is 369. The molecule has 0 unspecified atom stereocenters. The Hall–Kier alpha value is -1.06. The predicted molar refractivity (Wildman–Crippen MR) is 79.7 cm³/mol. The fourth-order valence-corrected chi connectivity index (χ4v) is 1.65. The van der Waals surface area contributed by atoms with Crippen molar-refractivity contribution in [2.24, 2.45) is 5.73 Å². The highest BCUT2D eigenvalue weighted by Crippen LogP contribution is 2.20. The monoisotopic (exact) mass is 265 g/mol. The average Bonchev–Trinajstić information content (AvgIpc) is 2.32. The van der Waals surface area contributed by atoms with Crippen LogP contribution >= 0.6 is 0 Å². The predicted octanol–water partition coefficient (Wildman–Crippen LogP) is 3.33. The molecule has 3 nitrogen and oxygen atoms in total. The summed E-state index contributed by atoms with van der Waals surface area (Å²) >= 11 is 0. The lowest BCUT2D eigenvalue weighted by molar-refractivity contribution is 0.0870. The molecule has 2 N–H and O–H groups in total. The van der Waals surface area contributed by atoms with Gasteiger partial charge in [-0.05, 0) is 37.5 Å². The molecule has 0 radical (unpaired) electrons. The quantitative estimate of drug-likeness (QED) is 0.733. The molecule has 0 saturated carbocycles. The second-order valence-electron chi connectivity index (χ2n) is 5.97. The summed E-state index contributed by atoms with van der Waals surface area (Å²) in [5.41, 5.74) is 6.88. The van der Waals surface area contributed by atoms with Crippen LogP contribution in [0.25, 0.3) is 0 Å². The summed E-state index contributed by atoms with van der Waals surface area (Å²) in [7, 11) is 0. The second kappa shape index (κ2) is 7.51. The van der Waals surface area contributed by atoms with Gasteiger partial charge < -0.3 is 15.2 Å². The van der Waals surface area contributed by atoms with E-state index in [1.807, 2.05) is 26.0 Å². The number of hydrogen-bond acceptors (Lipinski definition) is 3. The fourth-order valence-electron chi connectivity index (χ4n) is 1.65. The second-order valence-corrected chi connectivity index (χ2v) is 5.97. The normalized spacial score (nSPS) is 11.9. The summed E-state index contributed by atoms with van der Waals surface area (Å²) < 4.78 is 11.2. The van der Waals surface area contributed by atoms with Crippen LogP contribution in [0.5, 0.6) is 5.75 Å². The van der Waals surface area contributed by atoms with Crippen molar-refractivity contribution in [1.82, 2.24) is 0 Å². The van der Waals surface area contributed by atoms with Crippen molar-refractivity contribution >= 4 is 0 Å². The summed E-state index contributed by atoms with van der Waals surface area (Å²) in [5, 5.41) is 0. The van der Waals surface area contributed by atoms with Crippen molar-refractivity contribution in [3.63, 3.8) is 0 Å². The van der Waals surface area contributed by atoms with E-state index in [0.29, 0.717) is 25.7 Å². The van der Waals surface area contributed by atoms with Crippen LogP contribution in [0, 0.1) is 0 Å². The average molecular weight is 265 g/mol. The van der Waals surface area contributed by atoms with Crippen LogP contribution in [0.4, 0.5) is 0 Å². The molecule has 0 amide bonds. The van der Waals surface area contributed by atoms with Crippen molar-refractivity contribution in [3.05, 3.63) is 29.8 Å². The van der Waals surface area contributed by atoms with Gasteiger partial charge in [0.05, 0.1) is 13.2 Å². The Labute approximate surface area is 117 Å². The van der Waals surface area contributed by atoms with Crippen molar-refractivity contribution < 1.29 is 9.47 Å². The molecule has 0 bridgehead atoms. The first-order chi connectivity index (χ1) is 8.88. The van der Waals surface area contributed by atoms with E-state index in [9.17, 15) is 0 Å². The van der Waals surface area contributed by atoms with E-state index in [2.05, 4.69) is 26.0 Å². The van der Waals surface area contributed by atoms with Crippen molar-refractivity contribution in [2.45, 2.75) is 45.6 Å². The molecule has 0 atom stereocenters. The van der Waals surface area contributed by atoms with Gasteiger partial charge in [0.1, 0.15) is 5.75 Å². The molecule has 1 aromatic rings. The van der Waals surface area contributed by atoms with E-state index in [-0.39, 0.29) is 5.54 Å². The largest absolute Gasteiger partial charge is 0.493 e. The third kappa shape index (κ3) is 7.19. The van der Waals surface area contributed by atoms with Crippen LogP contribution in [0.15, 0.2) is 24.3 Å². The minimum Gasteiger partial charge on any atom is -0.493 e. The van der Waals surface area contributed by atoms with Gasteiger partial charge in [0, 0.05) is 18.6 Å². The lowest BCUT2D eigenvalue weighted by atomic mass is 10.0. The Morgan fingerprint density at radius 2 is 1.95 bits per heavy atom. The Balaban J connectivity index is 2.21. The first-order valence-electron chi connectivity index (χ1n) is 6.98. The molecule has 0 spiro atoms. The molecule has 3 heteroatoms. The Morgan fingerprint density at radius 3 is 2.58 bits per heavy atom. The van der Waals surface area contributed by atoms with Crippen LogP contribution in [0.3, 0.4) is 0 Å². The van der Waals surface area contributed by atoms with Crippen molar-refractivity contribution in [2.75, 3.05) is 19.8 Å². The number of benzene rings is 1. The molecule has 19 heavy (non-hydrogen) atoms. The fraction of sp³-hybridized carbons (Fsp3) is 0.625. The highest BCUT2D eigenvalue weighted by Gasteiger charge is 2.09. The van der Waals surface area contributed by atoms with Gasteiger partial charge in [-0.3, -0.25) is 0 Å². The minimum absolute atomic E-state index is 0.257. The zero-order valence-electron chi connectivity index (χ0n) is 12.6. The van der Waals surface area contributed by atoms with Gasteiger partial charge in [0.2, 0.25) is 0 Å². The molecule has 0 aliphatic rings. The van der Waals surface area contributed by atoms with E-state index in [1.54, 1.807) is 0 Å². The van der Waals surface area contributed by atoms with Crippen LogP contribution in [0.1, 0.15) is 45.6 Å². The lowest BCUT2D eigenvalue weighted by Crippen LogP contribution is -2.37. The Morgan fingerprint density at radius 1 is 1.21 bits per heavy atom. The zero-order chi connectivity index (χ0) is 14.3. The molecular formula is C16H27NO2. The smallest absolute Gasteiger partial charge is 0.119 e. The summed E-state index contributed by atoms with van der Waals surface area (Å²) in [6, 6.07) is 8.27. The standard InChI is InChI=1S/C16H27NO2/c1-13(2)14-7-5-8-15(11-14)19-10-6-9-18-12-16(3,4)17/h5,7-8,11,13H,6,9-10,12,17H2,1-4H3. The first-order valence-corrected chi connectivity index (χ1v) is 6.98. The molecular weight excluding hydrogens is 238 g/mol. The van der Waals surface area contributed by atoms with E-state index < -0.39 is 0 Å². The highest BCUT2D eigenvalue weighted by molar-refractivity contribution is 5.30. The molecule has 0 aromatic heterocycles. The molecule has 0 aliphatic carbocycles. The van der Waals surface area contributed by atoms with Gasteiger partial charge in [-0.1, -0.05) is 26.0 Å². The maximum Gasteiger partial charge on any atom is 0.119 e. The topological polar surface area (TPSA) is 44.5 Å². The van der Waals surface area contributed by atoms with Gasteiger partial charge in [-0.15, -0.1) is 0 Å². The molecule has 0 saturated heterocycles. The Kier molecular flexibility index (Phi) is 6.32. The molecule has 0 heterocycles. The summed E-state index contributed by atoms with van der Waals surface area (Å²) in [5.74, 6) is 1.46. The number of rotatable bonds is 8. The van der Waals surface area contributed by atoms with Gasteiger partial charge in [-0.2, -0.15) is 0 Å². The SMILES string of the molecule is CC(C)c1cccc(OCCCOCC(C)(C)N)c1. The third-order valence-corrected chi connectivity index (χ3v) is 2.70. The number of nitrogens with two attached hydrogens (primary N) is 1. The molecule has 0 aliphatic heterocycles. The van der Waals surface area contributed by atoms with Crippen LogP contribution < -0.4 is 10.5 Å². The van der Waals surface area contributed by atoms with E-state index in [4.69, 9.17) is 15.2 Å². The maximum atomic E-state index is 5.83. The van der Waals surface area contributed by atoms with Crippen molar-refractivity contribution in [1.29, 1.82) is 0 Å². The van der Waals surface area contributed by atoms with E-state index >= 15 is 0 Å². The first kappa shape index (κ1) is 16.0. The van der Waals surface area contributed by atoms with E-state index in [1.165, 1.54) is 5.56 Å². The van der Waals surface area contributed by atoms with Crippen LogP contribution in [0.2, 0.25) is 0 Å². The molecule has 1 aromatic carbocycles. The summed E-state index contributed by atoms with van der Waals surface area (Å²) in [6.07, 6.45) is 0.877.